The van der Waals surface area contributed by atoms with Gasteiger partial charge in [-0.15, -0.1) is 11.3 Å². The zero-order chi connectivity index (χ0) is 15.2. The highest BCUT2D eigenvalue weighted by Gasteiger charge is 2.15. The minimum Gasteiger partial charge on any atom is -0.493 e. The second kappa shape index (κ2) is 7.28. The Bertz CT molecular complexity index is 573. The molecule has 0 unspecified atom stereocenters. The van der Waals surface area contributed by atoms with E-state index in [4.69, 9.17) is 14.2 Å². The van der Waals surface area contributed by atoms with Gasteiger partial charge in [-0.2, -0.15) is 0 Å². The summed E-state index contributed by atoms with van der Waals surface area (Å²) in [4.78, 5) is 4.39. The molecule has 0 fully saturated rings. The lowest BCUT2D eigenvalue weighted by Crippen LogP contribution is -2.07. The summed E-state index contributed by atoms with van der Waals surface area (Å²) in [6, 6.07) is 3.89. The molecule has 0 bridgehead atoms. The fraction of sp³-hybridized carbons (Fsp3) is 0.400. The maximum atomic E-state index is 5.86. The Hall–Kier alpha value is -1.79. The standard InChI is InChI=1S/C15H20N2O3S/c1-10-9-21-14(17-10)8-20-15-12(18-3)5-11(7-16-2)6-13(15)19-4/h5-6,9,16H,7-8H2,1-4H3. The number of benzene rings is 1. The van der Waals surface area contributed by atoms with Gasteiger partial charge in [-0.3, -0.25) is 0 Å². The van der Waals surface area contributed by atoms with E-state index in [9.17, 15) is 0 Å². The summed E-state index contributed by atoms with van der Waals surface area (Å²) < 4.78 is 16.7. The Balaban J connectivity index is 2.23. The lowest BCUT2D eigenvalue weighted by molar-refractivity contribution is 0.265. The number of rotatable bonds is 7. The second-order valence-corrected chi connectivity index (χ2v) is 5.47. The van der Waals surface area contributed by atoms with E-state index >= 15 is 0 Å². The molecule has 114 valence electrons. The van der Waals surface area contributed by atoms with Gasteiger partial charge in [-0.05, 0) is 31.7 Å². The van der Waals surface area contributed by atoms with Crippen LogP contribution in [0.3, 0.4) is 0 Å². The lowest BCUT2D eigenvalue weighted by atomic mass is 10.2. The molecule has 0 aliphatic carbocycles. The molecule has 1 aromatic carbocycles. The summed E-state index contributed by atoms with van der Waals surface area (Å²) in [5.41, 5.74) is 2.07. The first-order valence-corrected chi connectivity index (χ1v) is 7.49. The molecule has 2 aromatic rings. The van der Waals surface area contributed by atoms with Gasteiger partial charge in [0, 0.05) is 17.6 Å². The summed E-state index contributed by atoms with van der Waals surface area (Å²) in [5, 5.41) is 6.04. The van der Waals surface area contributed by atoms with Gasteiger partial charge >= 0.3 is 0 Å². The van der Waals surface area contributed by atoms with Crippen molar-refractivity contribution in [1.82, 2.24) is 10.3 Å². The fourth-order valence-electron chi connectivity index (χ4n) is 1.99. The molecule has 0 saturated heterocycles. The summed E-state index contributed by atoms with van der Waals surface area (Å²) in [6.45, 7) is 3.10. The number of aromatic nitrogens is 1. The van der Waals surface area contributed by atoms with Crippen LogP contribution < -0.4 is 19.5 Å². The van der Waals surface area contributed by atoms with Crippen molar-refractivity contribution >= 4 is 11.3 Å². The number of nitrogens with one attached hydrogen (secondary N) is 1. The molecule has 0 aliphatic heterocycles. The van der Waals surface area contributed by atoms with E-state index in [0.29, 0.717) is 23.9 Å². The molecule has 0 spiro atoms. The number of hydrogen-bond donors (Lipinski definition) is 1. The van der Waals surface area contributed by atoms with Crippen LogP contribution >= 0.6 is 11.3 Å². The predicted octanol–water partition coefficient (Wildman–Crippen LogP) is 2.77. The van der Waals surface area contributed by atoms with Gasteiger partial charge in [0.25, 0.3) is 0 Å². The van der Waals surface area contributed by atoms with E-state index in [0.717, 1.165) is 22.8 Å². The quantitative estimate of drug-likeness (QED) is 0.852. The zero-order valence-electron chi connectivity index (χ0n) is 12.7. The molecule has 5 nitrogen and oxygen atoms in total. The smallest absolute Gasteiger partial charge is 0.203 e. The number of ether oxygens (including phenoxy) is 3. The van der Waals surface area contributed by atoms with Crippen molar-refractivity contribution < 1.29 is 14.2 Å². The van der Waals surface area contributed by atoms with Crippen molar-refractivity contribution in [2.24, 2.45) is 0 Å². The third-order valence-corrected chi connectivity index (χ3v) is 3.85. The van der Waals surface area contributed by atoms with Crippen LogP contribution in [0.5, 0.6) is 17.2 Å². The molecule has 1 aromatic heterocycles. The first-order valence-electron chi connectivity index (χ1n) is 6.61. The van der Waals surface area contributed by atoms with Crippen molar-refractivity contribution in [3.63, 3.8) is 0 Å². The van der Waals surface area contributed by atoms with Gasteiger partial charge in [0.2, 0.25) is 5.75 Å². The highest BCUT2D eigenvalue weighted by Crippen LogP contribution is 2.39. The molecule has 21 heavy (non-hydrogen) atoms. The molecule has 2 rings (SSSR count). The molecule has 1 heterocycles. The normalized spacial score (nSPS) is 10.5. The SMILES string of the molecule is CNCc1cc(OC)c(OCc2nc(C)cs2)c(OC)c1. The van der Waals surface area contributed by atoms with Crippen LogP contribution in [0.1, 0.15) is 16.3 Å². The van der Waals surface area contributed by atoms with E-state index in [2.05, 4.69) is 10.3 Å². The van der Waals surface area contributed by atoms with Gasteiger partial charge in [0.15, 0.2) is 11.5 Å². The maximum absolute atomic E-state index is 5.86. The van der Waals surface area contributed by atoms with Gasteiger partial charge < -0.3 is 19.5 Å². The Morgan fingerprint density at radius 1 is 1.19 bits per heavy atom. The molecular weight excluding hydrogens is 288 g/mol. The predicted molar refractivity (Wildman–Crippen MR) is 83.5 cm³/mol. The van der Waals surface area contributed by atoms with E-state index in [1.165, 1.54) is 0 Å². The fourth-order valence-corrected chi connectivity index (χ4v) is 2.67. The first kappa shape index (κ1) is 15.6. The van der Waals surface area contributed by atoms with Crippen LogP contribution in [0, 0.1) is 6.92 Å². The van der Waals surface area contributed by atoms with Crippen molar-refractivity contribution in [1.29, 1.82) is 0 Å². The van der Waals surface area contributed by atoms with Crippen LogP contribution in [0.2, 0.25) is 0 Å². The van der Waals surface area contributed by atoms with E-state index in [-0.39, 0.29) is 0 Å². The van der Waals surface area contributed by atoms with Crippen molar-refractivity contribution in [2.75, 3.05) is 21.3 Å². The van der Waals surface area contributed by atoms with Gasteiger partial charge in [-0.25, -0.2) is 4.98 Å². The first-order chi connectivity index (χ1) is 10.2. The number of nitrogens with zero attached hydrogens (tertiary/aromatic N) is 1. The minimum absolute atomic E-state index is 0.399. The maximum Gasteiger partial charge on any atom is 0.203 e. The van der Waals surface area contributed by atoms with Crippen molar-refractivity contribution in [3.05, 3.63) is 33.8 Å². The average molecular weight is 308 g/mol. The summed E-state index contributed by atoms with van der Waals surface area (Å²) in [5.74, 6) is 1.92. The second-order valence-electron chi connectivity index (χ2n) is 4.53. The summed E-state index contributed by atoms with van der Waals surface area (Å²) in [6.07, 6.45) is 0. The van der Waals surface area contributed by atoms with Crippen LogP contribution in [0.15, 0.2) is 17.5 Å². The third kappa shape index (κ3) is 3.86. The third-order valence-electron chi connectivity index (χ3n) is 2.91. The van der Waals surface area contributed by atoms with Crippen LogP contribution in [0.4, 0.5) is 0 Å². The number of hydrogen-bond acceptors (Lipinski definition) is 6. The molecule has 1 N–H and O–H groups in total. The minimum atomic E-state index is 0.399. The van der Waals surface area contributed by atoms with Gasteiger partial charge in [0.1, 0.15) is 11.6 Å². The van der Waals surface area contributed by atoms with Gasteiger partial charge in [0.05, 0.1) is 14.2 Å². The monoisotopic (exact) mass is 308 g/mol. The van der Waals surface area contributed by atoms with Crippen LogP contribution in [-0.4, -0.2) is 26.3 Å². The highest BCUT2D eigenvalue weighted by molar-refractivity contribution is 7.09. The largest absolute Gasteiger partial charge is 0.493 e. The molecule has 0 aliphatic rings. The molecule has 6 heteroatoms. The Morgan fingerprint density at radius 3 is 2.33 bits per heavy atom. The molecule has 0 radical (unpaired) electrons. The van der Waals surface area contributed by atoms with E-state index in [1.807, 2.05) is 31.5 Å². The molecular formula is C15H20N2O3S. The van der Waals surface area contributed by atoms with E-state index in [1.54, 1.807) is 25.6 Å². The van der Waals surface area contributed by atoms with Crippen molar-refractivity contribution in [2.45, 2.75) is 20.1 Å². The van der Waals surface area contributed by atoms with Crippen LogP contribution in [0.25, 0.3) is 0 Å². The van der Waals surface area contributed by atoms with Gasteiger partial charge in [-0.1, -0.05) is 0 Å². The summed E-state index contributed by atoms with van der Waals surface area (Å²) >= 11 is 1.58. The number of aryl methyl sites for hydroxylation is 1. The van der Waals surface area contributed by atoms with E-state index < -0.39 is 0 Å². The average Bonchev–Trinajstić information content (AvgIpc) is 2.90. The molecule has 0 amide bonds. The summed E-state index contributed by atoms with van der Waals surface area (Å²) in [7, 11) is 5.14. The Labute approximate surface area is 128 Å². The Kier molecular flexibility index (Phi) is 5.41. The Morgan fingerprint density at radius 2 is 1.86 bits per heavy atom. The molecule has 0 saturated carbocycles. The lowest BCUT2D eigenvalue weighted by Gasteiger charge is -2.15. The number of thiazole rings is 1. The van der Waals surface area contributed by atoms with Crippen molar-refractivity contribution in [3.8, 4) is 17.2 Å². The highest BCUT2D eigenvalue weighted by atomic mass is 32.1. The topological polar surface area (TPSA) is 52.6 Å². The molecule has 0 atom stereocenters. The zero-order valence-corrected chi connectivity index (χ0v) is 13.5. The van der Waals surface area contributed by atoms with Crippen LogP contribution in [-0.2, 0) is 13.2 Å². The number of methoxy groups -OCH3 is 2.